The average molecular weight is 305 g/mol. The molecule has 0 unspecified atom stereocenters. The summed E-state index contributed by atoms with van der Waals surface area (Å²) in [5.74, 6) is 5.56. The first-order valence-corrected chi connectivity index (χ1v) is 7.75. The molecule has 1 aromatic rings. The van der Waals surface area contributed by atoms with Gasteiger partial charge in [-0.25, -0.2) is 0 Å². The fraction of sp³-hybridized carbons (Fsp3) is 0.471. The molecule has 0 saturated heterocycles. The van der Waals surface area contributed by atoms with E-state index in [0.29, 0.717) is 21.6 Å². The largest absolute Gasteiger partial charge is 0.351 e. The van der Waals surface area contributed by atoms with Gasteiger partial charge in [-0.15, -0.1) is 0 Å². The highest BCUT2D eigenvalue weighted by Crippen LogP contribution is 2.43. The molecule has 3 N–H and O–H groups in total. The van der Waals surface area contributed by atoms with Crippen LogP contribution in [0.4, 0.5) is 0 Å². The van der Waals surface area contributed by atoms with E-state index in [0.717, 1.165) is 13.0 Å². The first-order chi connectivity index (χ1) is 10.1. The van der Waals surface area contributed by atoms with Crippen molar-refractivity contribution in [3.63, 3.8) is 0 Å². The molecule has 1 aliphatic rings. The van der Waals surface area contributed by atoms with Gasteiger partial charge < -0.3 is 11.1 Å². The number of carbonyl (C=O) groups is 1. The van der Waals surface area contributed by atoms with E-state index in [1.165, 1.54) is 19.3 Å². The lowest BCUT2D eigenvalue weighted by molar-refractivity contribution is 0.0850. The molecule has 4 heteroatoms. The lowest BCUT2D eigenvalue weighted by atomic mass is 9.67. The van der Waals surface area contributed by atoms with E-state index in [1.807, 2.05) is 0 Å². The number of carbonyl (C=O) groups excluding carboxylic acids is 1. The van der Waals surface area contributed by atoms with Crippen molar-refractivity contribution in [2.45, 2.75) is 32.6 Å². The van der Waals surface area contributed by atoms with Crippen LogP contribution in [0.1, 0.15) is 48.5 Å². The van der Waals surface area contributed by atoms with Gasteiger partial charge >= 0.3 is 0 Å². The van der Waals surface area contributed by atoms with Gasteiger partial charge in [-0.2, -0.15) is 0 Å². The Bertz CT molecular complexity index is 577. The van der Waals surface area contributed by atoms with E-state index in [-0.39, 0.29) is 12.5 Å². The summed E-state index contributed by atoms with van der Waals surface area (Å²) in [6, 6.07) is 5.18. The molecule has 21 heavy (non-hydrogen) atoms. The summed E-state index contributed by atoms with van der Waals surface area (Å²) in [4.78, 5) is 12.2. The highest BCUT2D eigenvalue weighted by atomic mass is 35.5. The van der Waals surface area contributed by atoms with Crippen LogP contribution in [0.3, 0.4) is 0 Å². The topological polar surface area (TPSA) is 55.1 Å². The molecule has 1 aromatic carbocycles. The predicted octanol–water partition coefficient (Wildman–Crippen LogP) is 2.96. The molecule has 2 rings (SSSR count). The van der Waals surface area contributed by atoms with Crippen molar-refractivity contribution in [2.24, 2.45) is 11.1 Å². The van der Waals surface area contributed by atoms with Gasteiger partial charge in [-0.1, -0.05) is 36.8 Å². The maximum Gasteiger partial charge on any atom is 0.251 e. The van der Waals surface area contributed by atoms with Crippen molar-refractivity contribution in [3.05, 3.63) is 34.3 Å². The number of rotatable bonds is 4. The molecule has 0 atom stereocenters. The SMILES string of the molecule is CCC1(CNC(=O)c2ccc(C#CCN)c(Cl)c2)CCC1. The summed E-state index contributed by atoms with van der Waals surface area (Å²) in [5, 5.41) is 3.51. The Labute approximate surface area is 131 Å². The van der Waals surface area contributed by atoms with Crippen molar-refractivity contribution < 1.29 is 4.79 Å². The fourth-order valence-electron chi connectivity index (χ4n) is 2.61. The van der Waals surface area contributed by atoms with E-state index in [4.69, 9.17) is 17.3 Å². The van der Waals surface area contributed by atoms with Crippen molar-refractivity contribution in [3.8, 4) is 11.8 Å². The Kier molecular flexibility index (Phi) is 5.27. The second-order valence-corrected chi connectivity index (χ2v) is 6.00. The van der Waals surface area contributed by atoms with Crippen LogP contribution in [-0.4, -0.2) is 19.0 Å². The van der Waals surface area contributed by atoms with Crippen LogP contribution in [0.2, 0.25) is 5.02 Å². The van der Waals surface area contributed by atoms with Crippen molar-refractivity contribution in [1.29, 1.82) is 0 Å². The fourth-order valence-corrected chi connectivity index (χ4v) is 2.83. The summed E-state index contributed by atoms with van der Waals surface area (Å²) in [6.07, 6.45) is 4.79. The Balaban J connectivity index is 2.01. The van der Waals surface area contributed by atoms with Crippen molar-refractivity contribution >= 4 is 17.5 Å². The van der Waals surface area contributed by atoms with Crippen molar-refractivity contribution in [1.82, 2.24) is 5.32 Å². The Morgan fingerprint density at radius 2 is 2.24 bits per heavy atom. The minimum Gasteiger partial charge on any atom is -0.351 e. The average Bonchev–Trinajstić information content (AvgIpc) is 2.45. The third-order valence-corrected chi connectivity index (χ3v) is 4.66. The number of halogens is 1. The number of nitrogens with one attached hydrogen (secondary N) is 1. The standard InChI is InChI=1S/C17H21ClN2O/c1-2-17(8-4-9-17)12-20-16(21)14-7-6-13(5-3-10-19)15(18)11-14/h6-7,11H,2,4,8-10,12,19H2,1H3,(H,20,21). The third-order valence-electron chi connectivity index (χ3n) is 4.34. The summed E-state index contributed by atoms with van der Waals surface area (Å²) >= 11 is 6.14. The lowest BCUT2D eigenvalue weighted by Crippen LogP contribution is -2.41. The summed E-state index contributed by atoms with van der Waals surface area (Å²) in [6.45, 7) is 3.22. The first-order valence-electron chi connectivity index (χ1n) is 7.37. The monoisotopic (exact) mass is 304 g/mol. The van der Waals surface area contributed by atoms with Gasteiger partial charge in [0.1, 0.15) is 0 Å². The van der Waals surface area contributed by atoms with E-state index in [9.17, 15) is 4.79 Å². The number of hydrogen-bond donors (Lipinski definition) is 2. The molecule has 0 aliphatic heterocycles. The minimum absolute atomic E-state index is 0.0741. The summed E-state index contributed by atoms with van der Waals surface area (Å²) in [7, 11) is 0. The highest BCUT2D eigenvalue weighted by Gasteiger charge is 2.35. The maximum absolute atomic E-state index is 12.2. The normalized spacial score (nSPS) is 15.6. The van der Waals surface area contributed by atoms with E-state index < -0.39 is 0 Å². The van der Waals surface area contributed by atoms with Crippen LogP contribution >= 0.6 is 11.6 Å². The number of hydrogen-bond acceptors (Lipinski definition) is 2. The Morgan fingerprint density at radius 3 is 2.76 bits per heavy atom. The molecule has 112 valence electrons. The van der Waals surface area contributed by atoms with E-state index >= 15 is 0 Å². The van der Waals surface area contributed by atoms with Gasteiger partial charge in [-0.05, 0) is 42.9 Å². The third kappa shape index (κ3) is 3.78. The van der Waals surface area contributed by atoms with Gasteiger partial charge in [0.15, 0.2) is 0 Å². The van der Waals surface area contributed by atoms with Crippen LogP contribution in [0.25, 0.3) is 0 Å². The molecule has 0 aromatic heterocycles. The van der Waals surface area contributed by atoms with Crippen LogP contribution in [0.15, 0.2) is 18.2 Å². The maximum atomic E-state index is 12.2. The Morgan fingerprint density at radius 1 is 1.48 bits per heavy atom. The molecule has 1 saturated carbocycles. The van der Waals surface area contributed by atoms with Gasteiger partial charge in [0.25, 0.3) is 5.91 Å². The Hall–Kier alpha value is -1.50. The molecule has 0 radical (unpaired) electrons. The van der Waals surface area contributed by atoms with Gasteiger partial charge in [0, 0.05) is 17.7 Å². The zero-order valence-corrected chi connectivity index (χ0v) is 13.1. The van der Waals surface area contributed by atoms with Gasteiger partial charge in [0.2, 0.25) is 0 Å². The van der Waals surface area contributed by atoms with Crippen LogP contribution in [0, 0.1) is 17.3 Å². The zero-order chi connectivity index (χ0) is 15.3. The molecule has 0 bridgehead atoms. The molecule has 0 spiro atoms. The number of amides is 1. The predicted molar refractivity (Wildman–Crippen MR) is 86.3 cm³/mol. The molecular formula is C17H21ClN2O. The van der Waals surface area contributed by atoms with Crippen LogP contribution < -0.4 is 11.1 Å². The molecular weight excluding hydrogens is 284 g/mol. The molecule has 0 heterocycles. The quantitative estimate of drug-likeness (QED) is 0.840. The molecule has 1 aliphatic carbocycles. The van der Waals surface area contributed by atoms with E-state index in [2.05, 4.69) is 24.1 Å². The van der Waals surface area contributed by atoms with Crippen molar-refractivity contribution in [2.75, 3.05) is 13.1 Å². The first kappa shape index (κ1) is 15.9. The zero-order valence-electron chi connectivity index (χ0n) is 12.3. The molecule has 1 amide bonds. The second kappa shape index (κ2) is 6.98. The minimum atomic E-state index is -0.0741. The van der Waals surface area contributed by atoms with Gasteiger partial charge in [0.05, 0.1) is 11.6 Å². The molecule has 1 fully saturated rings. The lowest BCUT2D eigenvalue weighted by Gasteiger charge is -2.41. The van der Waals surface area contributed by atoms with Gasteiger partial charge in [-0.3, -0.25) is 4.79 Å². The summed E-state index contributed by atoms with van der Waals surface area (Å²) in [5.41, 5.74) is 6.92. The van der Waals surface area contributed by atoms with Crippen LogP contribution in [0.5, 0.6) is 0 Å². The summed E-state index contributed by atoms with van der Waals surface area (Å²) < 4.78 is 0. The van der Waals surface area contributed by atoms with E-state index in [1.54, 1.807) is 18.2 Å². The second-order valence-electron chi connectivity index (χ2n) is 5.59. The molecule has 3 nitrogen and oxygen atoms in total. The van der Waals surface area contributed by atoms with Crippen LogP contribution in [-0.2, 0) is 0 Å². The number of nitrogens with two attached hydrogens (primary N) is 1. The smallest absolute Gasteiger partial charge is 0.251 e. The number of benzene rings is 1. The highest BCUT2D eigenvalue weighted by molar-refractivity contribution is 6.32.